The molecule has 0 atom stereocenters. The Bertz CT molecular complexity index is 1030. The normalized spacial score (nSPS) is 14.8. The summed E-state index contributed by atoms with van der Waals surface area (Å²) in [7, 11) is 0. The van der Waals surface area contributed by atoms with E-state index < -0.39 is 35.6 Å². The average Bonchev–Trinajstić information content (AvgIpc) is 2.84. The van der Waals surface area contributed by atoms with E-state index in [0.717, 1.165) is 5.56 Å². The van der Waals surface area contributed by atoms with E-state index in [1.165, 1.54) is 36.1 Å². The van der Waals surface area contributed by atoms with Crippen molar-refractivity contribution < 1.29 is 28.3 Å². The molecule has 2 aromatic carbocycles. The molecule has 2 N–H and O–H groups in total. The van der Waals surface area contributed by atoms with E-state index >= 15 is 0 Å². The second kappa shape index (κ2) is 10.9. The van der Waals surface area contributed by atoms with Crippen molar-refractivity contribution in [3.05, 3.63) is 66.0 Å². The molecule has 1 fully saturated rings. The topological polar surface area (TPSA) is 110 Å². The van der Waals surface area contributed by atoms with Gasteiger partial charge < -0.3 is 20.3 Å². The number of nitrogens with zero attached hydrogens (tertiary/aromatic N) is 2. The number of amides is 3. The summed E-state index contributed by atoms with van der Waals surface area (Å²) in [5, 5.41) is 0. The molecule has 1 heterocycles. The fraction of sp³-hybridized carbons (Fsp3) is 0.360. The van der Waals surface area contributed by atoms with Gasteiger partial charge in [0, 0.05) is 38.7 Å². The first-order valence-corrected chi connectivity index (χ1v) is 11.1. The second-order valence-electron chi connectivity index (χ2n) is 8.27. The average molecular weight is 470 g/mol. The van der Waals surface area contributed by atoms with Crippen molar-refractivity contribution in [2.75, 3.05) is 31.1 Å². The van der Waals surface area contributed by atoms with Crippen LogP contribution in [0.3, 0.4) is 0 Å². The predicted octanol–water partition coefficient (Wildman–Crippen LogP) is 2.16. The predicted molar refractivity (Wildman–Crippen MR) is 123 cm³/mol. The molecule has 34 heavy (non-hydrogen) atoms. The summed E-state index contributed by atoms with van der Waals surface area (Å²) < 4.78 is 18.8. The lowest BCUT2D eigenvalue weighted by Gasteiger charge is -2.40. The molecular weight excluding hydrogens is 441 g/mol. The minimum absolute atomic E-state index is 0.0330. The van der Waals surface area contributed by atoms with Crippen molar-refractivity contribution in [1.29, 1.82) is 0 Å². The molecule has 3 amide bonds. The van der Waals surface area contributed by atoms with Gasteiger partial charge in [-0.1, -0.05) is 30.3 Å². The van der Waals surface area contributed by atoms with Crippen LogP contribution in [0.1, 0.15) is 31.7 Å². The van der Waals surface area contributed by atoms with E-state index in [-0.39, 0.29) is 18.9 Å². The Balaban J connectivity index is 1.76. The first kappa shape index (κ1) is 24.9. The molecule has 0 saturated carbocycles. The van der Waals surface area contributed by atoms with E-state index in [9.17, 15) is 23.6 Å². The number of likely N-dealkylation sites (tertiary alicyclic amines) is 1. The summed E-state index contributed by atoms with van der Waals surface area (Å²) >= 11 is 0. The maximum absolute atomic E-state index is 13.4. The smallest absolute Gasteiger partial charge is 0.317 e. The zero-order valence-corrected chi connectivity index (χ0v) is 19.0. The number of carbonyl (C=O) groups excluding carboxylic acids is 4. The van der Waals surface area contributed by atoms with Gasteiger partial charge in [0.1, 0.15) is 5.82 Å². The molecule has 180 valence electrons. The number of rotatable bonds is 8. The maximum Gasteiger partial charge on any atom is 0.317 e. The lowest BCUT2D eigenvalue weighted by atomic mass is 9.72. The molecule has 1 aliphatic heterocycles. The standard InChI is InChI=1S/C25H28FN3O5/c1-18(30)28-15-12-25(13-16-28,19-5-3-2-4-6-19)24(33)34-17-23(32)29(14-11-22(27)31)21-9-7-20(26)8-10-21/h2-10H,11-17H2,1H3,(H2,27,31). The van der Waals surface area contributed by atoms with Crippen molar-refractivity contribution in [2.45, 2.75) is 31.6 Å². The third-order valence-corrected chi connectivity index (χ3v) is 6.13. The molecule has 9 heteroatoms. The molecule has 0 aliphatic carbocycles. The van der Waals surface area contributed by atoms with E-state index in [4.69, 9.17) is 10.5 Å². The first-order chi connectivity index (χ1) is 16.2. The van der Waals surface area contributed by atoms with Crippen molar-refractivity contribution in [2.24, 2.45) is 5.73 Å². The van der Waals surface area contributed by atoms with Gasteiger partial charge in [-0.3, -0.25) is 19.2 Å². The van der Waals surface area contributed by atoms with Gasteiger partial charge in [-0.25, -0.2) is 4.39 Å². The highest BCUT2D eigenvalue weighted by Gasteiger charge is 2.45. The maximum atomic E-state index is 13.4. The van der Waals surface area contributed by atoms with Gasteiger partial charge in [0.2, 0.25) is 11.8 Å². The Morgan fingerprint density at radius 1 is 1.03 bits per heavy atom. The second-order valence-corrected chi connectivity index (χ2v) is 8.27. The summed E-state index contributed by atoms with van der Waals surface area (Å²) in [6.45, 7) is 1.69. The highest BCUT2D eigenvalue weighted by atomic mass is 19.1. The molecule has 0 bridgehead atoms. The number of esters is 1. The molecule has 1 saturated heterocycles. The SMILES string of the molecule is CC(=O)N1CCC(C(=O)OCC(=O)N(CCC(N)=O)c2ccc(F)cc2)(c2ccccc2)CC1. The number of carbonyl (C=O) groups is 4. The van der Waals surface area contributed by atoms with Crippen LogP contribution in [-0.4, -0.2) is 54.8 Å². The zero-order chi connectivity index (χ0) is 24.7. The van der Waals surface area contributed by atoms with Crippen LogP contribution in [0.15, 0.2) is 54.6 Å². The van der Waals surface area contributed by atoms with Crippen LogP contribution in [-0.2, 0) is 29.3 Å². The zero-order valence-electron chi connectivity index (χ0n) is 19.0. The van der Waals surface area contributed by atoms with Crippen molar-refractivity contribution in [3.8, 4) is 0 Å². The summed E-state index contributed by atoms with van der Waals surface area (Å²) in [4.78, 5) is 52.3. The van der Waals surface area contributed by atoms with Gasteiger partial charge in [0.05, 0.1) is 5.41 Å². The van der Waals surface area contributed by atoms with Crippen molar-refractivity contribution >= 4 is 29.4 Å². The molecule has 3 rings (SSSR count). The van der Waals surface area contributed by atoms with Gasteiger partial charge in [0.25, 0.3) is 5.91 Å². The number of hydrogen-bond acceptors (Lipinski definition) is 5. The largest absolute Gasteiger partial charge is 0.455 e. The van der Waals surface area contributed by atoms with Gasteiger partial charge in [0.15, 0.2) is 6.61 Å². The fourth-order valence-electron chi connectivity index (χ4n) is 4.16. The molecule has 8 nitrogen and oxygen atoms in total. The number of benzene rings is 2. The molecule has 1 aliphatic rings. The van der Waals surface area contributed by atoms with Gasteiger partial charge >= 0.3 is 5.97 Å². The Morgan fingerprint density at radius 2 is 1.65 bits per heavy atom. The monoisotopic (exact) mass is 469 g/mol. The van der Waals surface area contributed by atoms with E-state index in [1.807, 2.05) is 30.3 Å². The molecule has 0 spiro atoms. The highest BCUT2D eigenvalue weighted by molar-refractivity contribution is 5.96. The first-order valence-electron chi connectivity index (χ1n) is 11.1. The number of piperidine rings is 1. The van der Waals surface area contributed by atoms with E-state index in [2.05, 4.69) is 0 Å². The third-order valence-electron chi connectivity index (χ3n) is 6.13. The highest BCUT2D eigenvalue weighted by Crippen LogP contribution is 2.37. The number of ether oxygens (including phenoxy) is 1. The van der Waals surface area contributed by atoms with Crippen LogP contribution in [0.2, 0.25) is 0 Å². The number of primary amides is 1. The Kier molecular flexibility index (Phi) is 7.99. The minimum Gasteiger partial charge on any atom is -0.455 e. The van der Waals surface area contributed by atoms with E-state index in [1.54, 1.807) is 4.90 Å². The molecule has 0 aromatic heterocycles. The summed E-state index contributed by atoms with van der Waals surface area (Å²) in [6.07, 6.45) is 0.631. The van der Waals surface area contributed by atoms with Crippen LogP contribution in [0.5, 0.6) is 0 Å². The van der Waals surface area contributed by atoms with Crippen LogP contribution >= 0.6 is 0 Å². The van der Waals surface area contributed by atoms with Gasteiger partial charge in [-0.15, -0.1) is 0 Å². The third kappa shape index (κ3) is 5.78. The molecule has 0 radical (unpaired) electrons. The van der Waals surface area contributed by atoms with E-state index in [0.29, 0.717) is 31.6 Å². The lowest BCUT2D eigenvalue weighted by molar-refractivity contribution is -0.156. The lowest BCUT2D eigenvalue weighted by Crippen LogP contribution is -2.50. The molecule has 2 aromatic rings. The van der Waals surface area contributed by atoms with Crippen LogP contribution in [0.25, 0.3) is 0 Å². The van der Waals surface area contributed by atoms with Crippen molar-refractivity contribution in [3.63, 3.8) is 0 Å². The Labute approximate surface area is 197 Å². The number of anilines is 1. The van der Waals surface area contributed by atoms with Crippen molar-refractivity contribution in [1.82, 2.24) is 4.90 Å². The van der Waals surface area contributed by atoms with Gasteiger partial charge in [-0.2, -0.15) is 0 Å². The Morgan fingerprint density at radius 3 is 2.21 bits per heavy atom. The summed E-state index contributed by atoms with van der Waals surface area (Å²) in [6, 6.07) is 14.4. The number of nitrogens with two attached hydrogens (primary N) is 1. The molecule has 0 unspecified atom stereocenters. The summed E-state index contributed by atoms with van der Waals surface area (Å²) in [5.74, 6) is -2.25. The quantitative estimate of drug-likeness (QED) is 0.596. The van der Waals surface area contributed by atoms with Crippen LogP contribution in [0, 0.1) is 5.82 Å². The molecular formula is C25H28FN3O5. The number of halogens is 1. The fourth-order valence-corrected chi connectivity index (χ4v) is 4.16. The Hall–Kier alpha value is -3.75. The number of hydrogen-bond donors (Lipinski definition) is 1. The van der Waals surface area contributed by atoms with Crippen LogP contribution < -0.4 is 10.6 Å². The summed E-state index contributed by atoms with van der Waals surface area (Å²) in [5.41, 5.74) is 5.36. The van der Waals surface area contributed by atoms with Crippen LogP contribution in [0.4, 0.5) is 10.1 Å². The minimum atomic E-state index is -0.985. The van der Waals surface area contributed by atoms with Gasteiger partial charge in [-0.05, 0) is 42.7 Å².